The molecule has 0 saturated heterocycles. The molecule has 0 fully saturated rings. The van der Waals surface area contributed by atoms with Gasteiger partial charge in [-0.1, -0.05) is 54.6 Å². The summed E-state index contributed by atoms with van der Waals surface area (Å²) in [5, 5.41) is 4.31. The highest BCUT2D eigenvalue weighted by molar-refractivity contribution is 7.79. The van der Waals surface area contributed by atoms with Gasteiger partial charge in [-0.05, 0) is 36.4 Å². The molecule has 3 nitrogen and oxygen atoms in total. The zero-order valence-electron chi connectivity index (χ0n) is 12.8. The molecule has 0 atom stereocenters. The Labute approximate surface area is 150 Å². The van der Waals surface area contributed by atoms with Gasteiger partial charge in [-0.25, -0.2) is 0 Å². The molecule has 3 rings (SSSR count). The maximum Gasteiger partial charge on any atom is 0.692 e. The summed E-state index contributed by atoms with van der Waals surface area (Å²) in [7, 11) is -3.75. The van der Waals surface area contributed by atoms with Crippen LogP contribution in [0.4, 0.5) is 0 Å². The maximum absolute atomic E-state index is 8.70. The summed E-state index contributed by atoms with van der Waals surface area (Å²) < 4.78 is 8.70. The molecule has 124 valence electrons. The Morgan fingerprint density at radius 1 is 0.583 bits per heavy atom. The van der Waals surface area contributed by atoms with Crippen molar-refractivity contribution in [3.8, 4) is 0 Å². The molecule has 0 unspecified atom stereocenters. The Balaban J connectivity index is 0.000000522. The first-order chi connectivity index (χ1) is 11.2. The third kappa shape index (κ3) is 6.49. The molecule has 6 heteroatoms. The molecule has 0 aliphatic carbocycles. The summed E-state index contributed by atoms with van der Waals surface area (Å²) in [5.41, 5.74) is 0. The average molecular weight is 380 g/mol. The second kappa shape index (κ2) is 11.0. The Kier molecular flexibility index (Phi) is 9.41. The van der Waals surface area contributed by atoms with Crippen LogP contribution in [-0.2, 0) is 4.57 Å². The number of benzene rings is 3. The van der Waals surface area contributed by atoms with Gasteiger partial charge in [0.05, 0.1) is 7.92 Å². The van der Waals surface area contributed by atoms with E-state index in [-0.39, 0.29) is 12.4 Å². The van der Waals surface area contributed by atoms with Crippen LogP contribution < -0.4 is 28.3 Å². The van der Waals surface area contributed by atoms with E-state index in [1.165, 1.54) is 15.9 Å². The van der Waals surface area contributed by atoms with Gasteiger partial charge < -0.3 is 12.4 Å². The van der Waals surface area contributed by atoms with Gasteiger partial charge in [-0.3, -0.25) is 0 Å². The fourth-order valence-electron chi connectivity index (χ4n) is 2.31. The van der Waals surface area contributed by atoms with E-state index in [0.717, 1.165) is 0 Å². The standard InChI is InChI=1S/C18H15P.ClH.HO3P/c1-4-10-16(11-5-1)19(17-12-6-2-7-13-17)18-14-8-3-9-15-18;;1-4(2)3/h1-15H;1H;(H-,1,2,3)/p+1. The predicted molar refractivity (Wildman–Crippen MR) is 98.6 cm³/mol. The van der Waals surface area contributed by atoms with Crippen molar-refractivity contribution >= 4 is 32.1 Å². The van der Waals surface area contributed by atoms with Gasteiger partial charge in [0.1, 0.15) is 15.9 Å². The van der Waals surface area contributed by atoms with Gasteiger partial charge in [0, 0.05) is 4.57 Å². The van der Waals surface area contributed by atoms with Crippen LogP contribution in [0, 0.1) is 0 Å². The number of hydrogen-bond donors (Lipinski definition) is 2. The monoisotopic (exact) mass is 379 g/mol. The molecule has 3 aromatic rings. The van der Waals surface area contributed by atoms with Crippen LogP contribution in [0.15, 0.2) is 91.0 Å². The van der Waals surface area contributed by atoms with Crippen LogP contribution in [0.5, 0.6) is 0 Å². The zero-order chi connectivity index (χ0) is 16.5. The first-order valence-electron chi connectivity index (χ1n) is 7.06. The highest BCUT2D eigenvalue weighted by Crippen LogP contribution is 2.32. The molecule has 0 aliphatic heterocycles. The largest absolute Gasteiger partial charge is 1.00 e. The molecular formula is C18H18ClO3P2+. The third-order valence-electron chi connectivity index (χ3n) is 3.19. The molecule has 0 aromatic heterocycles. The van der Waals surface area contributed by atoms with Crippen LogP contribution in [-0.4, -0.2) is 9.79 Å². The van der Waals surface area contributed by atoms with Crippen LogP contribution in [0.2, 0.25) is 0 Å². The molecular weight excluding hydrogens is 362 g/mol. The summed E-state index contributed by atoms with van der Waals surface area (Å²) in [6.07, 6.45) is 0. The Hall–Kier alpha value is -1.60. The van der Waals surface area contributed by atoms with Crippen molar-refractivity contribution in [3.63, 3.8) is 0 Å². The topological polar surface area (TPSA) is 57.5 Å². The fourth-order valence-corrected chi connectivity index (χ4v) is 4.89. The smallest absolute Gasteiger partial charge is 0.692 e. The van der Waals surface area contributed by atoms with E-state index >= 15 is 0 Å². The summed E-state index contributed by atoms with van der Waals surface area (Å²) in [6, 6.07) is 32.5. The lowest BCUT2D eigenvalue weighted by Crippen LogP contribution is -3.00. The normalized spacial score (nSPS) is 9.46. The van der Waals surface area contributed by atoms with Crippen LogP contribution in [0.3, 0.4) is 0 Å². The molecule has 2 N–H and O–H groups in total. The van der Waals surface area contributed by atoms with Gasteiger partial charge in [0.2, 0.25) is 0 Å². The van der Waals surface area contributed by atoms with Crippen molar-refractivity contribution in [2.45, 2.75) is 0 Å². The van der Waals surface area contributed by atoms with E-state index in [1.54, 1.807) is 0 Å². The summed E-state index contributed by atoms with van der Waals surface area (Å²) in [5.74, 6) is 0. The quantitative estimate of drug-likeness (QED) is 0.620. The predicted octanol–water partition coefficient (Wildman–Crippen LogP) is -0.190. The summed E-state index contributed by atoms with van der Waals surface area (Å²) >= 11 is 0. The number of hydrogen-bond acceptors (Lipinski definition) is 1. The van der Waals surface area contributed by atoms with Crippen molar-refractivity contribution in [2.75, 3.05) is 0 Å². The van der Waals surface area contributed by atoms with E-state index in [2.05, 4.69) is 91.0 Å². The minimum atomic E-state index is -2.87. The lowest BCUT2D eigenvalue weighted by atomic mass is 10.4. The molecule has 0 aliphatic rings. The van der Waals surface area contributed by atoms with Crippen LogP contribution in [0.1, 0.15) is 0 Å². The zero-order valence-corrected chi connectivity index (χ0v) is 15.4. The number of halogens is 1. The molecule has 3 aromatic carbocycles. The molecule has 0 amide bonds. The minimum Gasteiger partial charge on any atom is -1.00 e. The van der Waals surface area contributed by atoms with Crippen LogP contribution in [0.25, 0.3) is 0 Å². The average Bonchev–Trinajstić information content (AvgIpc) is 2.58. The van der Waals surface area contributed by atoms with Crippen LogP contribution >= 0.6 is 16.2 Å². The summed E-state index contributed by atoms with van der Waals surface area (Å²) in [4.78, 5) is 14.2. The van der Waals surface area contributed by atoms with Crippen molar-refractivity contribution in [2.24, 2.45) is 0 Å². The first kappa shape index (κ1) is 20.4. The highest BCUT2D eigenvalue weighted by Gasteiger charge is 2.24. The summed E-state index contributed by atoms with van der Waals surface area (Å²) in [6.45, 7) is 0. The van der Waals surface area contributed by atoms with Crippen molar-refractivity contribution in [1.82, 2.24) is 0 Å². The Morgan fingerprint density at radius 3 is 1.00 bits per heavy atom. The lowest BCUT2D eigenvalue weighted by molar-refractivity contribution is -0.00000900. The fraction of sp³-hybridized carbons (Fsp3) is 0. The maximum atomic E-state index is 8.70. The van der Waals surface area contributed by atoms with Gasteiger partial charge in [0.25, 0.3) is 0 Å². The van der Waals surface area contributed by atoms with E-state index in [4.69, 9.17) is 14.4 Å². The van der Waals surface area contributed by atoms with Gasteiger partial charge in [-0.2, -0.15) is 0 Å². The first-order valence-corrected chi connectivity index (χ1v) is 9.73. The second-order valence-corrected chi connectivity index (χ2v) is 7.71. The lowest BCUT2D eigenvalue weighted by Gasteiger charge is -2.10. The van der Waals surface area contributed by atoms with E-state index in [1.807, 2.05) is 0 Å². The highest BCUT2D eigenvalue weighted by atomic mass is 35.5. The van der Waals surface area contributed by atoms with Crippen molar-refractivity contribution in [3.05, 3.63) is 91.0 Å². The molecule has 0 heterocycles. The molecule has 0 spiro atoms. The SMILES string of the molecule is O=[P+](O)O.[Cl-].c1ccc([PH+](c2ccccc2)c2ccccc2)cc1. The Morgan fingerprint density at radius 2 is 0.792 bits per heavy atom. The van der Waals surface area contributed by atoms with E-state index < -0.39 is 16.2 Å². The molecule has 0 bridgehead atoms. The van der Waals surface area contributed by atoms with E-state index in [9.17, 15) is 0 Å². The molecule has 24 heavy (non-hydrogen) atoms. The molecule has 0 saturated carbocycles. The van der Waals surface area contributed by atoms with Gasteiger partial charge >= 0.3 is 8.25 Å². The number of rotatable bonds is 3. The van der Waals surface area contributed by atoms with Crippen molar-refractivity contribution < 1.29 is 26.8 Å². The second-order valence-electron chi connectivity index (χ2n) is 4.73. The third-order valence-corrected chi connectivity index (χ3v) is 5.92. The van der Waals surface area contributed by atoms with Gasteiger partial charge in [0.15, 0.2) is 0 Å². The van der Waals surface area contributed by atoms with Crippen molar-refractivity contribution in [1.29, 1.82) is 0 Å². The Bertz CT molecular complexity index is 627. The minimum absolute atomic E-state index is 0. The molecule has 0 radical (unpaired) electrons. The van der Waals surface area contributed by atoms with E-state index in [0.29, 0.717) is 0 Å². The van der Waals surface area contributed by atoms with Gasteiger partial charge in [-0.15, -0.1) is 9.79 Å².